The molecule has 0 aromatic rings. The lowest BCUT2D eigenvalue weighted by Crippen LogP contribution is -2.30. The van der Waals surface area contributed by atoms with Crippen molar-refractivity contribution < 1.29 is 9.59 Å². The number of hydrogen-bond acceptors (Lipinski definition) is 2. The molecule has 0 fully saturated rings. The van der Waals surface area contributed by atoms with Crippen LogP contribution in [0.25, 0.3) is 0 Å². The van der Waals surface area contributed by atoms with Crippen LogP contribution in [0, 0.1) is 0 Å². The number of imide groups is 1. The van der Waals surface area contributed by atoms with E-state index in [1.165, 1.54) is 103 Å². The Labute approximate surface area is 175 Å². The monoisotopic (exact) mass is 393 g/mol. The molecule has 0 aromatic heterocycles. The first-order valence-corrected chi connectivity index (χ1v) is 12.1. The summed E-state index contributed by atoms with van der Waals surface area (Å²) in [4.78, 5) is 22.9. The second-order valence-corrected chi connectivity index (χ2v) is 8.42. The molecule has 3 nitrogen and oxygen atoms in total. The summed E-state index contributed by atoms with van der Waals surface area (Å²) < 4.78 is 0. The molecule has 0 spiro atoms. The van der Waals surface area contributed by atoms with Crippen molar-refractivity contribution in [2.24, 2.45) is 0 Å². The fraction of sp³-hybridized carbons (Fsp3) is 0.840. The highest BCUT2D eigenvalue weighted by Gasteiger charge is 2.07. The summed E-state index contributed by atoms with van der Waals surface area (Å²) >= 11 is 0. The quantitative estimate of drug-likeness (QED) is 0.171. The van der Waals surface area contributed by atoms with E-state index in [1.54, 1.807) is 6.92 Å². The Kier molecular flexibility index (Phi) is 19.8. The molecule has 0 aliphatic rings. The summed E-state index contributed by atoms with van der Waals surface area (Å²) in [6, 6.07) is 0. The SMILES string of the molecule is C=C(C)C(=O)NC(=O)CCCCCCCCCCCCCCCCCCCC. The molecule has 0 rings (SSSR count). The van der Waals surface area contributed by atoms with Gasteiger partial charge in [0.1, 0.15) is 0 Å². The van der Waals surface area contributed by atoms with Crippen LogP contribution >= 0.6 is 0 Å². The second-order valence-electron chi connectivity index (χ2n) is 8.42. The minimum atomic E-state index is -0.354. The van der Waals surface area contributed by atoms with Crippen LogP contribution in [0.3, 0.4) is 0 Å². The zero-order valence-electron chi connectivity index (χ0n) is 19.0. The van der Waals surface area contributed by atoms with E-state index >= 15 is 0 Å². The first kappa shape index (κ1) is 26.9. The van der Waals surface area contributed by atoms with Gasteiger partial charge in [-0.05, 0) is 13.3 Å². The summed E-state index contributed by atoms with van der Waals surface area (Å²) in [5.74, 6) is -0.531. The van der Waals surface area contributed by atoms with Crippen LogP contribution in [0.1, 0.15) is 136 Å². The summed E-state index contributed by atoms with van der Waals surface area (Å²) in [6.07, 6.45) is 24.5. The maximum absolute atomic E-state index is 11.6. The molecule has 0 bridgehead atoms. The van der Waals surface area contributed by atoms with E-state index in [4.69, 9.17) is 0 Å². The van der Waals surface area contributed by atoms with Gasteiger partial charge in [0, 0.05) is 12.0 Å². The van der Waals surface area contributed by atoms with E-state index < -0.39 is 0 Å². The fourth-order valence-corrected chi connectivity index (χ4v) is 3.48. The molecule has 0 saturated carbocycles. The number of carbonyl (C=O) groups is 2. The lowest BCUT2D eigenvalue weighted by Gasteiger charge is -2.04. The lowest BCUT2D eigenvalue weighted by molar-refractivity contribution is -0.128. The van der Waals surface area contributed by atoms with Crippen LogP contribution in [0.2, 0.25) is 0 Å². The molecule has 0 atom stereocenters. The van der Waals surface area contributed by atoms with E-state index in [-0.39, 0.29) is 11.8 Å². The van der Waals surface area contributed by atoms with Gasteiger partial charge in [-0.15, -0.1) is 0 Å². The summed E-state index contributed by atoms with van der Waals surface area (Å²) in [5.41, 5.74) is 0.381. The molecule has 0 heterocycles. The van der Waals surface area contributed by atoms with Gasteiger partial charge >= 0.3 is 0 Å². The van der Waals surface area contributed by atoms with Crippen molar-refractivity contribution in [1.82, 2.24) is 5.32 Å². The average Bonchev–Trinajstić information content (AvgIpc) is 2.66. The third-order valence-electron chi connectivity index (χ3n) is 5.40. The molecular weight excluding hydrogens is 346 g/mol. The van der Waals surface area contributed by atoms with Crippen LogP contribution in [0.15, 0.2) is 12.2 Å². The first-order chi connectivity index (χ1) is 13.6. The van der Waals surface area contributed by atoms with Gasteiger partial charge in [-0.3, -0.25) is 14.9 Å². The molecule has 28 heavy (non-hydrogen) atoms. The highest BCUT2D eigenvalue weighted by Crippen LogP contribution is 2.14. The minimum Gasteiger partial charge on any atom is -0.293 e. The van der Waals surface area contributed by atoms with E-state index in [1.807, 2.05) is 0 Å². The van der Waals surface area contributed by atoms with Crippen molar-refractivity contribution in [1.29, 1.82) is 0 Å². The highest BCUT2D eigenvalue weighted by atomic mass is 16.2. The van der Waals surface area contributed by atoms with Gasteiger partial charge < -0.3 is 0 Å². The van der Waals surface area contributed by atoms with Crippen LogP contribution in [-0.4, -0.2) is 11.8 Å². The van der Waals surface area contributed by atoms with Crippen molar-refractivity contribution in [3.8, 4) is 0 Å². The Morgan fingerprint density at radius 3 is 1.25 bits per heavy atom. The Bertz CT molecular complexity index is 403. The zero-order valence-corrected chi connectivity index (χ0v) is 19.0. The van der Waals surface area contributed by atoms with Gasteiger partial charge in [0.2, 0.25) is 5.91 Å². The van der Waals surface area contributed by atoms with Crippen LogP contribution in [0.5, 0.6) is 0 Å². The molecule has 3 heteroatoms. The molecule has 0 saturated heterocycles. The summed E-state index contributed by atoms with van der Waals surface area (Å²) in [5, 5.41) is 2.36. The third-order valence-corrected chi connectivity index (χ3v) is 5.40. The van der Waals surface area contributed by atoms with Gasteiger partial charge in [0.25, 0.3) is 5.91 Å². The van der Waals surface area contributed by atoms with E-state index in [0.717, 1.165) is 12.8 Å². The second kappa shape index (κ2) is 20.6. The number of hydrogen-bond donors (Lipinski definition) is 1. The zero-order chi connectivity index (χ0) is 20.9. The molecule has 0 radical (unpaired) electrons. The Hall–Kier alpha value is -1.12. The summed E-state index contributed by atoms with van der Waals surface area (Å²) in [7, 11) is 0. The highest BCUT2D eigenvalue weighted by molar-refractivity contribution is 6.03. The van der Waals surface area contributed by atoms with Crippen LogP contribution in [0.4, 0.5) is 0 Å². The maximum atomic E-state index is 11.6. The van der Waals surface area contributed by atoms with E-state index in [0.29, 0.717) is 12.0 Å². The van der Waals surface area contributed by atoms with Gasteiger partial charge in [-0.1, -0.05) is 123 Å². The van der Waals surface area contributed by atoms with Crippen molar-refractivity contribution in [3.05, 3.63) is 12.2 Å². The number of amides is 2. The number of unbranched alkanes of at least 4 members (excludes halogenated alkanes) is 17. The van der Waals surface area contributed by atoms with Crippen LogP contribution < -0.4 is 5.32 Å². The molecule has 0 aromatic carbocycles. The van der Waals surface area contributed by atoms with Crippen molar-refractivity contribution >= 4 is 11.8 Å². The van der Waals surface area contributed by atoms with Gasteiger partial charge in [0.15, 0.2) is 0 Å². The predicted octanol–water partition coefficient (Wildman–Crippen LogP) is 7.64. The molecule has 0 aliphatic carbocycles. The molecule has 0 unspecified atom stereocenters. The van der Waals surface area contributed by atoms with Gasteiger partial charge in [-0.25, -0.2) is 0 Å². The third kappa shape index (κ3) is 19.6. The van der Waals surface area contributed by atoms with E-state index in [9.17, 15) is 9.59 Å². The number of nitrogens with one attached hydrogen (secondary N) is 1. The first-order valence-electron chi connectivity index (χ1n) is 12.1. The van der Waals surface area contributed by atoms with Crippen molar-refractivity contribution in [2.75, 3.05) is 0 Å². The molecule has 0 aliphatic heterocycles. The fourth-order valence-electron chi connectivity index (χ4n) is 3.48. The van der Waals surface area contributed by atoms with Crippen LogP contribution in [-0.2, 0) is 9.59 Å². The average molecular weight is 394 g/mol. The topological polar surface area (TPSA) is 46.2 Å². The van der Waals surface area contributed by atoms with Gasteiger partial charge in [-0.2, -0.15) is 0 Å². The Balaban J connectivity index is 3.17. The van der Waals surface area contributed by atoms with Gasteiger partial charge in [0.05, 0.1) is 0 Å². The smallest absolute Gasteiger partial charge is 0.252 e. The molecule has 1 N–H and O–H groups in total. The van der Waals surface area contributed by atoms with Crippen molar-refractivity contribution in [2.45, 2.75) is 136 Å². The Morgan fingerprint density at radius 1 is 0.607 bits per heavy atom. The molecular formula is C25H47NO2. The molecule has 164 valence electrons. The minimum absolute atomic E-state index is 0.176. The number of rotatable bonds is 20. The standard InChI is InChI=1S/C25H47NO2/c1-4-5-6-7-8-9-10-11-12-13-14-15-16-17-18-19-20-21-22-24(27)26-25(28)23(2)3/h2,4-22H2,1,3H3,(H,26,27,28). The number of carbonyl (C=O) groups excluding carboxylic acids is 2. The normalized spacial score (nSPS) is 10.8. The predicted molar refractivity (Wildman–Crippen MR) is 121 cm³/mol. The van der Waals surface area contributed by atoms with Crippen molar-refractivity contribution in [3.63, 3.8) is 0 Å². The van der Waals surface area contributed by atoms with E-state index in [2.05, 4.69) is 18.8 Å². The summed E-state index contributed by atoms with van der Waals surface area (Å²) in [6.45, 7) is 7.42. The Morgan fingerprint density at radius 2 is 0.929 bits per heavy atom. The largest absolute Gasteiger partial charge is 0.293 e. The molecule has 2 amide bonds. The lowest BCUT2D eigenvalue weighted by atomic mass is 10.0. The maximum Gasteiger partial charge on any atom is 0.252 e.